The first-order valence-electron chi connectivity index (χ1n) is 8.87. The summed E-state index contributed by atoms with van der Waals surface area (Å²) in [5.74, 6) is -1.00. The van der Waals surface area contributed by atoms with Crippen molar-refractivity contribution in [1.29, 1.82) is 0 Å². The van der Waals surface area contributed by atoms with Crippen molar-refractivity contribution < 1.29 is 19.4 Å². The highest BCUT2D eigenvalue weighted by molar-refractivity contribution is 6.00. The normalized spacial score (nSPS) is 10.7. The first-order valence-corrected chi connectivity index (χ1v) is 8.87. The molecule has 5 nitrogen and oxygen atoms in total. The summed E-state index contributed by atoms with van der Waals surface area (Å²) >= 11 is 0. The van der Waals surface area contributed by atoms with Gasteiger partial charge >= 0.3 is 5.97 Å². The number of pyridine rings is 1. The van der Waals surface area contributed by atoms with Crippen molar-refractivity contribution in [3.05, 3.63) is 59.8 Å². The standard InChI is InChI=1S/C22H21NO4/c1-3-27-21(26)11-10-19(24)22-20(25)13-17-12-16(8-9-18(17)23-22)15-6-4-14(2)5-7-15/h4-9,12-13,25H,3,10-11H2,1-2H3. The lowest BCUT2D eigenvalue weighted by Crippen LogP contribution is -2.09. The van der Waals surface area contributed by atoms with Gasteiger partial charge in [0.2, 0.25) is 0 Å². The van der Waals surface area contributed by atoms with Gasteiger partial charge in [-0.3, -0.25) is 9.59 Å². The van der Waals surface area contributed by atoms with Crippen LogP contribution in [0.15, 0.2) is 48.5 Å². The summed E-state index contributed by atoms with van der Waals surface area (Å²) < 4.78 is 4.82. The lowest BCUT2D eigenvalue weighted by molar-refractivity contribution is -0.143. The Balaban J connectivity index is 1.86. The average molecular weight is 363 g/mol. The van der Waals surface area contributed by atoms with E-state index in [-0.39, 0.29) is 36.7 Å². The van der Waals surface area contributed by atoms with Crippen LogP contribution in [-0.2, 0) is 9.53 Å². The fourth-order valence-electron chi connectivity index (χ4n) is 2.86. The van der Waals surface area contributed by atoms with E-state index in [0.29, 0.717) is 5.52 Å². The fourth-order valence-corrected chi connectivity index (χ4v) is 2.86. The van der Waals surface area contributed by atoms with Gasteiger partial charge in [0, 0.05) is 11.8 Å². The molecule has 0 bridgehead atoms. The number of benzene rings is 2. The highest BCUT2D eigenvalue weighted by atomic mass is 16.5. The van der Waals surface area contributed by atoms with Gasteiger partial charge in [-0.15, -0.1) is 0 Å². The molecule has 1 N–H and O–H groups in total. The Morgan fingerprint density at radius 3 is 2.41 bits per heavy atom. The van der Waals surface area contributed by atoms with Crippen LogP contribution in [0.5, 0.6) is 5.75 Å². The van der Waals surface area contributed by atoms with Crippen molar-refractivity contribution in [3.63, 3.8) is 0 Å². The number of hydrogen-bond donors (Lipinski definition) is 1. The zero-order valence-corrected chi connectivity index (χ0v) is 15.4. The largest absolute Gasteiger partial charge is 0.506 e. The average Bonchev–Trinajstić information content (AvgIpc) is 2.66. The Kier molecular flexibility index (Phi) is 5.50. The predicted octanol–water partition coefficient (Wildman–Crippen LogP) is 4.44. The van der Waals surface area contributed by atoms with Gasteiger partial charge in [0.1, 0.15) is 11.4 Å². The number of ether oxygens (including phenoxy) is 1. The minimum Gasteiger partial charge on any atom is -0.506 e. The summed E-state index contributed by atoms with van der Waals surface area (Å²) in [6, 6.07) is 15.4. The van der Waals surface area contributed by atoms with Gasteiger partial charge in [0.05, 0.1) is 18.5 Å². The molecule has 0 unspecified atom stereocenters. The van der Waals surface area contributed by atoms with Crippen LogP contribution < -0.4 is 0 Å². The van der Waals surface area contributed by atoms with E-state index in [9.17, 15) is 14.7 Å². The Morgan fingerprint density at radius 2 is 1.70 bits per heavy atom. The van der Waals surface area contributed by atoms with Crippen LogP contribution >= 0.6 is 0 Å². The molecular formula is C22H21NO4. The van der Waals surface area contributed by atoms with Gasteiger partial charge in [0.25, 0.3) is 0 Å². The van der Waals surface area contributed by atoms with Crippen molar-refractivity contribution in [3.8, 4) is 16.9 Å². The molecule has 3 rings (SSSR count). The maximum Gasteiger partial charge on any atom is 0.306 e. The molecule has 0 saturated heterocycles. The molecule has 0 aliphatic carbocycles. The lowest BCUT2D eigenvalue weighted by atomic mass is 10.0. The summed E-state index contributed by atoms with van der Waals surface area (Å²) in [5.41, 5.74) is 3.85. The van der Waals surface area contributed by atoms with Crippen LogP contribution in [0.2, 0.25) is 0 Å². The van der Waals surface area contributed by atoms with E-state index in [0.717, 1.165) is 16.5 Å². The van der Waals surface area contributed by atoms with E-state index in [4.69, 9.17) is 4.74 Å². The van der Waals surface area contributed by atoms with Crippen molar-refractivity contribution in [2.75, 3.05) is 6.61 Å². The maximum atomic E-state index is 12.3. The van der Waals surface area contributed by atoms with Gasteiger partial charge in [0.15, 0.2) is 5.78 Å². The molecule has 0 atom stereocenters. The second kappa shape index (κ2) is 7.99. The molecule has 0 fully saturated rings. The number of aromatic hydroxyl groups is 1. The Labute approximate surface area is 157 Å². The Hall–Kier alpha value is -3.21. The number of carbonyl (C=O) groups is 2. The number of hydrogen-bond acceptors (Lipinski definition) is 5. The SMILES string of the molecule is CCOC(=O)CCC(=O)c1nc2ccc(-c3ccc(C)cc3)cc2cc1O. The van der Waals surface area contributed by atoms with Gasteiger partial charge < -0.3 is 9.84 Å². The van der Waals surface area contributed by atoms with Crippen LogP contribution in [0, 0.1) is 6.92 Å². The van der Waals surface area contributed by atoms with E-state index in [1.165, 1.54) is 11.6 Å². The molecule has 138 valence electrons. The molecule has 3 aromatic rings. The minimum absolute atomic E-state index is 0.0186. The molecule has 0 radical (unpaired) electrons. The van der Waals surface area contributed by atoms with Gasteiger partial charge in [-0.2, -0.15) is 0 Å². The van der Waals surface area contributed by atoms with E-state index in [2.05, 4.69) is 4.98 Å². The third-order valence-electron chi connectivity index (χ3n) is 4.31. The van der Waals surface area contributed by atoms with Crippen LogP contribution in [-0.4, -0.2) is 28.4 Å². The Morgan fingerprint density at radius 1 is 1.00 bits per heavy atom. The fraction of sp³-hybridized carbons (Fsp3) is 0.227. The lowest BCUT2D eigenvalue weighted by Gasteiger charge is -2.08. The van der Waals surface area contributed by atoms with Crippen molar-refractivity contribution in [2.45, 2.75) is 26.7 Å². The molecule has 5 heteroatoms. The molecule has 0 spiro atoms. The number of Topliss-reactive ketones (excluding diaryl/α,β-unsaturated/α-hetero) is 1. The maximum absolute atomic E-state index is 12.3. The van der Waals surface area contributed by atoms with E-state index < -0.39 is 5.97 Å². The van der Waals surface area contributed by atoms with Crippen LogP contribution in [0.1, 0.15) is 35.8 Å². The molecule has 2 aromatic carbocycles. The number of esters is 1. The summed E-state index contributed by atoms with van der Waals surface area (Å²) in [7, 11) is 0. The topological polar surface area (TPSA) is 76.5 Å². The number of aromatic nitrogens is 1. The molecule has 0 aliphatic heterocycles. The number of fused-ring (bicyclic) bond motifs is 1. The smallest absolute Gasteiger partial charge is 0.306 e. The molecule has 1 aromatic heterocycles. The Bertz CT molecular complexity index is 993. The quantitative estimate of drug-likeness (QED) is 0.517. The number of rotatable bonds is 6. The number of ketones is 1. The zero-order valence-electron chi connectivity index (χ0n) is 15.4. The zero-order chi connectivity index (χ0) is 19.4. The highest BCUT2D eigenvalue weighted by Crippen LogP contribution is 2.28. The molecule has 0 aliphatic rings. The number of carbonyl (C=O) groups excluding carboxylic acids is 2. The predicted molar refractivity (Wildman–Crippen MR) is 104 cm³/mol. The summed E-state index contributed by atoms with van der Waals surface area (Å²) in [5, 5.41) is 11.0. The highest BCUT2D eigenvalue weighted by Gasteiger charge is 2.16. The number of aryl methyl sites for hydroxylation is 1. The molecule has 0 saturated carbocycles. The second-order valence-electron chi connectivity index (χ2n) is 6.36. The van der Waals surface area contributed by atoms with Gasteiger partial charge in [-0.1, -0.05) is 35.9 Å². The third-order valence-corrected chi connectivity index (χ3v) is 4.31. The first kappa shape index (κ1) is 18.6. The molecule has 0 amide bonds. The summed E-state index contributed by atoms with van der Waals surface area (Å²) in [6.45, 7) is 4.02. The van der Waals surface area contributed by atoms with Crippen molar-refractivity contribution >= 4 is 22.7 Å². The minimum atomic E-state index is -0.436. The van der Waals surface area contributed by atoms with E-state index in [1.54, 1.807) is 6.92 Å². The summed E-state index contributed by atoms with van der Waals surface area (Å²) in [4.78, 5) is 28.0. The summed E-state index contributed by atoms with van der Waals surface area (Å²) in [6.07, 6.45) is -0.0788. The van der Waals surface area contributed by atoms with Crippen molar-refractivity contribution in [1.82, 2.24) is 4.98 Å². The number of nitrogens with zero attached hydrogens (tertiary/aromatic N) is 1. The van der Waals surface area contributed by atoms with Crippen LogP contribution in [0.3, 0.4) is 0 Å². The molecule has 1 heterocycles. The first-order chi connectivity index (χ1) is 13.0. The van der Waals surface area contributed by atoms with Crippen LogP contribution in [0.25, 0.3) is 22.0 Å². The second-order valence-corrected chi connectivity index (χ2v) is 6.36. The molecule has 27 heavy (non-hydrogen) atoms. The monoisotopic (exact) mass is 363 g/mol. The van der Waals surface area contributed by atoms with Crippen LogP contribution in [0.4, 0.5) is 0 Å². The van der Waals surface area contributed by atoms with E-state index >= 15 is 0 Å². The van der Waals surface area contributed by atoms with Gasteiger partial charge in [-0.05, 0) is 43.2 Å². The third kappa shape index (κ3) is 4.31. The van der Waals surface area contributed by atoms with E-state index in [1.807, 2.05) is 49.4 Å². The van der Waals surface area contributed by atoms with Gasteiger partial charge in [-0.25, -0.2) is 4.98 Å². The molecular weight excluding hydrogens is 342 g/mol. The van der Waals surface area contributed by atoms with Crippen molar-refractivity contribution in [2.24, 2.45) is 0 Å².